The Balaban J connectivity index is 1.34. The quantitative estimate of drug-likeness (QED) is 0.414. The first kappa shape index (κ1) is 23.8. The van der Waals surface area contributed by atoms with Gasteiger partial charge in [-0.2, -0.15) is 0 Å². The topological polar surface area (TPSA) is 82.6 Å². The Morgan fingerprint density at radius 2 is 1.83 bits per heavy atom. The Morgan fingerprint density at radius 3 is 2.58 bits per heavy atom. The number of nitrogens with one attached hydrogen (secondary N) is 1. The minimum absolute atomic E-state index is 0.0336. The number of carbonyl (C=O) groups excluding carboxylic acids is 1. The number of H-pyrrole nitrogens is 1. The third-order valence-electron chi connectivity index (χ3n) is 6.52. The lowest BCUT2D eigenvalue weighted by molar-refractivity contribution is -0.117. The number of aryl methyl sites for hydroxylation is 1. The molecule has 0 radical (unpaired) electrons. The average molecular weight is 483 g/mol. The summed E-state index contributed by atoms with van der Waals surface area (Å²) in [5.74, 6) is 0.676. The van der Waals surface area contributed by atoms with Crippen molar-refractivity contribution in [1.29, 1.82) is 0 Å². The molecule has 6 nitrogen and oxygen atoms in total. The third-order valence-corrected chi connectivity index (χ3v) is 6.52. The molecule has 0 saturated carbocycles. The van der Waals surface area contributed by atoms with Crippen LogP contribution in [0.4, 0.5) is 5.69 Å². The summed E-state index contributed by atoms with van der Waals surface area (Å²) in [6.45, 7) is 6.22. The molecule has 3 aromatic carbocycles. The second-order valence-corrected chi connectivity index (χ2v) is 10.1. The molecule has 2 N–H and O–H groups in total. The van der Waals surface area contributed by atoms with Crippen LogP contribution < -0.4 is 15.2 Å². The van der Waals surface area contributed by atoms with Gasteiger partial charge in [-0.05, 0) is 61.4 Å². The van der Waals surface area contributed by atoms with E-state index in [1.807, 2.05) is 72.5 Å². The molecule has 1 aromatic heterocycles. The minimum Gasteiger partial charge on any atom is -0.491 e. The summed E-state index contributed by atoms with van der Waals surface area (Å²) in [5, 5.41) is 11.5. The van der Waals surface area contributed by atoms with Crippen molar-refractivity contribution in [3.05, 3.63) is 93.9 Å². The number of benzene rings is 3. The van der Waals surface area contributed by atoms with Gasteiger partial charge >= 0.3 is 0 Å². The van der Waals surface area contributed by atoms with Crippen LogP contribution >= 0.6 is 0 Å². The second kappa shape index (κ2) is 9.28. The maximum Gasteiger partial charge on any atom is 0.255 e. The molecule has 1 aliphatic heterocycles. The van der Waals surface area contributed by atoms with Gasteiger partial charge in [-0.1, -0.05) is 48.0 Å². The van der Waals surface area contributed by atoms with Gasteiger partial charge in [0.05, 0.1) is 17.7 Å². The lowest BCUT2D eigenvalue weighted by Crippen LogP contribution is -2.30. The highest BCUT2D eigenvalue weighted by atomic mass is 16.5. The summed E-state index contributed by atoms with van der Waals surface area (Å²) in [7, 11) is 0. The van der Waals surface area contributed by atoms with Crippen molar-refractivity contribution in [3.63, 3.8) is 0 Å². The van der Waals surface area contributed by atoms with E-state index in [1.54, 1.807) is 20.0 Å². The van der Waals surface area contributed by atoms with Crippen molar-refractivity contribution in [2.24, 2.45) is 0 Å². The van der Waals surface area contributed by atoms with E-state index in [-0.39, 0.29) is 18.1 Å². The van der Waals surface area contributed by atoms with Crippen LogP contribution in [0.25, 0.3) is 21.9 Å². The fraction of sp³-hybridized carbons (Fsp3) is 0.267. The zero-order chi connectivity index (χ0) is 25.4. The number of aromatic amines is 1. The number of ether oxygens (including phenoxy) is 1. The van der Waals surface area contributed by atoms with Gasteiger partial charge in [0, 0.05) is 29.8 Å². The van der Waals surface area contributed by atoms with Crippen LogP contribution in [0.2, 0.25) is 0 Å². The van der Waals surface area contributed by atoms with E-state index in [0.717, 1.165) is 45.3 Å². The van der Waals surface area contributed by atoms with Crippen molar-refractivity contribution < 1.29 is 14.6 Å². The van der Waals surface area contributed by atoms with Gasteiger partial charge in [0.2, 0.25) is 5.91 Å². The highest BCUT2D eigenvalue weighted by molar-refractivity contribution is 5.98. The molecule has 0 unspecified atom stereocenters. The number of fused-ring (bicyclic) bond motifs is 2. The summed E-state index contributed by atoms with van der Waals surface area (Å²) in [5.41, 5.74) is 4.93. The summed E-state index contributed by atoms with van der Waals surface area (Å²) in [6.07, 6.45) is 2.85. The monoisotopic (exact) mass is 482 g/mol. The molecule has 0 saturated heterocycles. The van der Waals surface area contributed by atoms with E-state index in [9.17, 15) is 14.7 Å². The molecule has 36 heavy (non-hydrogen) atoms. The molecule has 0 bridgehead atoms. The first-order chi connectivity index (χ1) is 17.2. The largest absolute Gasteiger partial charge is 0.491 e. The van der Waals surface area contributed by atoms with Gasteiger partial charge in [0.15, 0.2) is 0 Å². The van der Waals surface area contributed by atoms with Crippen molar-refractivity contribution in [3.8, 4) is 16.9 Å². The number of hydrogen-bond acceptors (Lipinski definition) is 4. The van der Waals surface area contributed by atoms with Gasteiger partial charge in [0.1, 0.15) is 12.4 Å². The molecule has 0 atom stereocenters. The molecule has 184 valence electrons. The molecular formula is C30H30N2O4. The van der Waals surface area contributed by atoms with Crippen LogP contribution in [0.5, 0.6) is 5.75 Å². The van der Waals surface area contributed by atoms with E-state index in [0.29, 0.717) is 24.1 Å². The number of rotatable bonds is 6. The van der Waals surface area contributed by atoms with Crippen molar-refractivity contribution >= 4 is 22.4 Å². The Hall–Kier alpha value is -3.90. The Bertz CT molecular complexity index is 1500. The number of nitrogens with zero attached hydrogens (tertiary/aromatic N) is 1. The smallest absolute Gasteiger partial charge is 0.255 e. The molecule has 0 spiro atoms. The summed E-state index contributed by atoms with van der Waals surface area (Å²) in [4.78, 5) is 30.1. The molecule has 4 aromatic rings. The molecule has 0 fully saturated rings. The Labute approximate surface area is 210 Å². The lowest BCUT2D eigenvalue weighted by atomic mass is 9.98. The van der Waals surface area contributed by atoms with Crippen LogP contribution in [0.1, 0.15) is 30.5 Å². The van der Waals surface area contributed by atoms with E-state index in [1.165, 1.54) is 0 Å². The molecule has 1 aliphatic rings. The van der Waals surface area contributed by atoms with Gasteiger partial charge in [-0.3, -0.25) is 9.59 Å². The van der Waals surface area contributed by atoms with E-state index in [2.05, 4.69) is 4.98 Å². The fourth-order valence-electron chi connectivity index (χ4n) is 4.65. The minimum atomic E-state index is -0.930. The predicted molar refractivity (Wildman–Crippen MR) is 143 cm³/mol. The first-order valence-electron chi connectivity index (χ1n) is 12.2. The average Bonchev–Trinajstić information content (AvgIpc) is 3.27. The normalized spacial score (nSPS) is 13.2. The molecule has 5 rings (SSSR count). The molecule has 1 amide bonds. The SMILES string of the molecule is Cc1ccc2c(=O)[nH]cc(-c3ccc(CC(=O)N4CCc5ccc(OCC(C)(C)O)cc54)cc3)c2c1. The summed E-state index contributed by atoms with van der Waals surface area (Å²) >= 11 is 0. The number of pyridine rings is 1. The number of aromatic nitrogens is 1. The lowest BCUT2D eigenvalue weighted by Gasteiger charge is -2.20. The maximum absolute atomic E-state index is 13.2. The number of hydrogen-bond donors (Lipinski definition) is 2. The summed E-state index contributed by atoms with van der Waals surface area (Å²) < 4.78 is 5.73. The van der Waals surface area contributed by atoms with Crippen LogP contribution in [0.15, 0.2) is 71.7 Å². The van der Waals surface area contributed by atoms with Crippen LogP contribution in [0, 0.1) is 6.92 Å². The summed E-state index contributed by atoms with van der Waals surface area (Å²) in [6, 6.07) is 19.5. The third kappa shape index (κ3) is 4.90. The zero-order valence-corrected chi connectivity index (χ0v) is 20.8. The molecule has 2 heterocycles. The van der Waals surface area contributed by atoms with E-state index >= 15 is 0 Å². The molecule has 0 aliphatic carbocycles. The maximum atomic E-state index is 13.2. The Kier molecular flexibility index (Phi) is 6.14. The van der Waals surface area contributed by atoms with Crippen molar-refractivity contribution in [1.82, 2.24) is 4.98 Å². The number of anilines is 1. The van der Waals surface area contributed by atoms with Gasteiger partial charge in [0.25, 0.3) is 5.56 Å². The standard InChI is InChI=1S/C30H30N2O4/c1-19-4-11-24-25(14-19)26(17-31-29(24)34)21-7-5-20(6-8-21)15-28(33)32-13-12-22-9-10-23(16-27(22)32)36-18-30(2,3)35/h4-11,14,16-17,35H,12-13,15,18H2,1-3H3,(H,31,34). The predicted octanol–water partition coefficient (Wildman–Crippen LogP) is 4.79. The van der Waals surface area contributed by atoms with Crippen molar-refractivity contribution in [2.45, 2.75) is 39.2 Å². The number of carbonyl (C=O) groups is 1. The highest BCUT2D eigenvalue weighted by Crippen LogP contribution is 2.33. The van der Waals surface area contributed by atoms with Gasteiger partial charge in [-0.25, -0.2) is 0 Å². The van der Waals surface area contributed by atoms with Crippen LogP contribution in [-0.2, 0) is 17.6 Å². The molecular weight excluding hydrogens is 452 g/mol. The van der Waals surface area contributed by atoms with Crippen molar-refractivity contribution in [2.75, 3.05) is 18.1 Å². The van der Waals surface area contributed by atoms with E-state index < -0.39 is 5.60 Å². The van der Waals surface area contributed by atoms with Crippen LogP contribution in [0.3, 0.4) is 0 Å². The molecule has 6 heteroatoms. The second-order valence-electron chi connectivity index (χ2n) is 10.1. The Morgan fingerprint density at radius 1 is 1.06 bits per heavy atom. The van der Waals surface area contributed by atoms with Crippen LogP contribution in [-0.4, -0.2) is 34.8 Å². The fourth-order valence-corrected chi connectivity index (χ4v) is 4.65. The first-order valence-corrected chi connectivity index (χ1v) is 12.2. The van der Waals surface area contributed by atoms with Gasteiger partial charge < -0.3 is 19.7 Å². The zero-order valence-electron chi connectivity index (χ0n) is 20.8. The van der Waals surface area contributed by atoms with Gasteiger partial charge in [-0.15, -0.1) is 0 Å². The number of aliphatic hydroxyl groups is 1. The number of amides is 1. The van der Waals surface area contributed by atoms with E-state index in [4.69, 9.17) is 4.74 Å². The highest BCUT2D eigenvalue weighted by Gasteiger charge is 2.25.